The van der Waals surface area contributed by atoms with Gasteiger partial charge in [0, 0.05) is 50.7 Å². The van der Waals surface area contributed by atoms with Crippen molar-refractivity contribution < 1.29 is 17.9 Å². The van der Waals surface area contributed by atoms with Crippen LogP contribution in [0.15, 0.2) is 54.6 Å². The van der Waals surface area contributed by atoms with Crippen LogP contribution in [0.25, 0.3) is 6.08 Å². The van der Waals surface area contributed by atoms with Gasteiger partial charge in [-0.05, 0) is 23.8 Å². The molecule has 0 radical (unpaired) electrons. The zero-order valence-electron chi connectivity index (χ0n) is 18.6. The largest absolute Gasteiger partial charge is 0.478 e. The first-order valence-corrected chi connectivity index (χ1v) is 13.2. The van der Waals surface area contributed by atoms with Gasteiger partial charge in [0.2, 0.25) is 10.0 Å². The first kappa shape index (κ1) is 23.6. The number of fused-ring (bicyclic) bond motifs is 1. The molecule has 33 heavy (non-hydrogen) atoms. The Kier molecular flexibility index (Phi) is 7.26. The second-order valence-corrected chi connectivity index (χ2v) is 10.6. The Morgan fingerprint density at radius 3 is 2.52 bits per heavy atom. The topological polar surface area (TPSA) is 70.2 Å². The van der Waals surface area contributed by atoms with Crippen molar-refractivity contribution in [3.8, 4) is 5.75 Å². The maximum atomic E-state index is 13.2. The van der Waals surface area contributed by atoms with E-state index in [0.29, 0.717) is 29.5 Å². The second-order valence-electron chi connectivity index (χ2n) is 8.28. The van der Waals surface area contributed by atoms with Gasteiger partial charge in [0.1, 0.15) is 5.75 Å². The summed E-state index contributed by atoms with van der Waals surface area (Å²) in [6, 6.07) is 15.0. The molecule has 1 amide bonds. The molecule has 1 saturated heterocycles. The molecule has 0 aromatic heterocycles. The molecule has 2 aliphatic rings. The number of halogens is 1. The number of amides is 1. The molecule has 0 N–H and O–H groups in total. The van der Waals surface area contributed by atoms with Crippen molar-refractivity contribution in [2.24, 2.45) is 0 Å². The molecule has 0 spiro atoms. The number of benzene rings is 2. The van der Waals surface area contributed by atoms with E-state index in [-0.39, 0.29) is 18.9 Å². The maximum Gasteiger partial charge on any atom is 0.263 e. The first-order valence-electron chi connectivity index (χ1n) is 11.0. The average molecular weight is 490 g/mol. The quantitative estimate of drug-likeness (QED) is 0.645. The van der Waals surface area contributed by atoms with Crippen molar-refractivity contribution in [2.75, 3.05) is 49.8 Å². The zero-order valence-corrected chi connectivity index (χ0v) is 20.1. The lowest BCUT2D eigenvalue weighted by atomic mass is 10.2. The van der Waals surface area contributed by atoms with Gasteiger partial charge in [-0.15, -0.1) is 0 Å². The summed E-state index contributed by atoms with van der Waals surface area (Å²) < 4.78 is 31.9. The SMILES string of the molecule is CS(=O)(=O)N1CCC(C(=O)N2CCN(C/C=C/c3ccccc3)CC2)Oc2ccc(Cl)cc21. The van der Waals surface area contributed by atoms with Gasteiger partial charge in [-0.25, -0.2) is 8.42 Å². The number of hydrogen-bond donors (Lipinski definition) is 0. The number of piperazine rings is 1. The summed E-state index contributed by atoms with van der Waals surface area (Å²) in [4.78, 5) is 17.3. The van der Waals surface area contributed by atoms with Crippen molar-refractivity contribution in [3.05, 3.63) is 65.2 Å². The van der Waals surface area contributed by atoms with E-state index in [0.717, 1.165) is 25.9 Å². The van der Waals surface area contributed by atoms with Crippen LogP contribution in [0.5, 0.6) is 5.75 Å². The van der Waals surface area contributed by atoms with E-state index in [2.05, 4.69) is 29.2 Å². The van der Waals surface area contributed by atoms with Crippen molar-refractivity contribution in [1.82, 2.24) is 9.80 Å². The van der Waals surface area contributed by atoms with E-state index in [4.69, 9.17) is 16.3 Å². The average Bonchev–Trinajstić information content (AvgIpc) is 2.99. The molecule has 4 rings (SSSR count). The van der Waals surface area contributed by atoms with Gasteiger partial charge in [-0.1, -0.05) is 54.1 Å². The Balaban J connectivity index is 1.37. The summed E-state index contributed by atoms with van der Waals surface area (Å²) in [7, 11) is -3.53. The standard InChI is InChI=1S/C24H28ClN3O4S/c1-33(30,31)28-13-11-23(32-22-10-9-20(25)18-21(22)28)24(29)27-16-14-26(15-17-27)12-5-8-19-6-3-2-4-7-19/h2-10,18,23H,11-17H2,1H3/b8-5+. The third-order valence-electron chi connectivity index (χ3n) is 5.89. The normalized spacial score (nSPS) is 19.8. The summed E-state index contributed by atoms with van der Waals surface area (Å²) in [5.41, 5.74) is 1.54. The van der Waals surface area contributed by atoms with Crippen LogP contribution in [0.4, 0.5) is 5.69 Å². The van der Waals surface area contributed by atoms with Gasteiger partial charge in [-0.3, -0.25) is 14.0 Å². The van der Waals surface area contributed by atoms with Crippen LogP contribution in [0.3, 0.4) is 0 Å². The number of carbonyl (C=O) groups excluding carboxylic acids is 1. The van der Waals surface area contributed by atoms with E-state index >= 15 is 0 Å². The molecule has 0 aliphatic carbocycles. The molecule has 2 aliphatic heterocycles. The molecule has 7 nitrogen and oxygen atoms in total. The van der Waals surface area contributed by atoms with Gasteiger partial charge in [0.15, 0.2) is 6.10 Å². The lowest BCUT2D eigenvalue weighted by Crippen LogP contribution is -2.52. The number of anilines is 1. The Morgan fingerprint density at radius 2 is 1.82 bits per heavy atom. The van der Waals surface area contributed by atoms with Crippen LogP contribution in [-0.2, 0) is 14.8 Å². The predicted molar refractivity (Wildman–Crippen MR) is 131 cm³/mol. The first-order chi connectivity index (χ1) is 15.8. The summed E-state index contributed by atoms with van der Waals surface area (Å²) in [5, 5.41) is 0.410. The van der Waals surface area contributed by atoms with E-state index in [1.165, 1.54) is 9.87 Å². The maximum absolute atomic E-state index is 13.2. The smallest absolute Gasteiger partial charge is 0.263 e. The van der Waals surface area contributed by atoms with Crippen LogP contribution in [0.2, 0.25) is 5.02 Å². The Bertz CT molecular complexity index is 1120. The van der Waals surface area contributed by atoms with Crippen molar-refractivity contribution in [1.29, 1.82) is 0 Å². The molecular weight excluding hydrogens is 462 g/mol. The summed E-state index contributed by atoms with van der Waals surface area (Å²) in [6.07, 6.45) is 4.93. The summed E-state index contributed by atoms with van der Waals surface area (Å²) >= 11 is 6.09. The van der Waals surface area contributed by atoms with Crippen LogP contribution in [0, 0.1) is 0 Å². The molecule has 2 heterocycles. The fourth-order valence-electron chi connectivity index (χ4n) is 4.13. The lowest BCUT2D eigenvalue weighted by molar-refractivity contribution is -0.140. The Labute approximate surface area is 200 Å². The molecule has 1 fully saturated rings. The fraction of sp³-hybridized carbons (Fsp3) is 0.375. The molecule has 0 saturated carbocycles. The lowest BCUT2D eigenvalue weighted by Gasteiger charge is -2.35. The Morgan fingerprint density at radius 1 is 1.09 bits per heavy atom. The molecule has 1 unspecified atom stereocenters. The van der Waals surface area contributed by atoms with Crippen LogP contribution in [-0.4, -0.2) is 75.8 Å². The molecule has 1 atom stereocenters. The van der Waals surface area contributed by atoms with Crippen LogP contribution < -0.4 is 9.04 Å². The minimum Gasteiger partial charge on any atom is -0.478 e. The van der Waals surface area contributed by atoms with Gasteiger partial charge < -0.3 is 9.64 Å². The number of hydrogen-bond acceptors (Lipinski definition) is 5. The van der Waals surface area contributed by atoms with Gasteiger partial charge in [-0.2, -0.15) is 0 Å². The van der Waals surface area contributed by atoms with E-state index in [9.17, 15) is 13.2 Å². The minimum atomic E-state index is -3.53. The van der Waals surface area contributed by atoms with Crippen molar-refractivity contribution in [3.63, 3.8) is 0 Å². The van der Waals surface area contributed by atoms with Crippen molar-refractivity contribution in [2.45, 2.75) is 12.5 Å². The number of rotatable bonds is 5. The highest BCUT2D eigenvalue weighted by Gasteiger charge is 2.34. The van der Waals surface area contributed by atoms with Gasteiger partial charge in [0.25, 0.3) is 5.91 Å². The molecular formula is C24H28ClN3O4S. The summed E-state index contributed by atoms with van der Waals surface area (Å²) in [5.74, 6) is 0.246. The third-order valence-corrected chi connectivity index (χ3v) is 7.30. The second kappa shape index (κ2) is 10.2. The number of carbonyl (C=O) groups is 1. The zero-order chi connectivity index (χ0) is 23.4. The van der Waals surface area contributed by atoms with Gasteiger partial charge >= 0.3 is 0 Å². The monoisotopic (exact) mass is 489 g/mol. The highest BCUT2D eigenvalue weighted by Crippen LogP contribution is 2.36. The molecule has 2 aromatic carbocycles. The van der Waals surface area contributed by atoms with Gasteiger partial charge in [0.05, 0.1) is 11.9 Å². The van der Waals surface area contributed by atoms with E-state index < -0.39 is 16.1 Å². The predicted octanol–water partition coefficient (Wildman–Crippen LogP) is 3.11. The molecule has 9 heteroatoms. The molecule has 0 bridgehead atoms. The fourth-order valence-corrected chi connectivity index (χ4v) is 5.23. The summed E-state index contributed by atoms with van der Waals surface area (Å²) in [6.45, 7) is 3.77. The van der Waals surface area contributed by atoms with Crippen LogP contribution >= 0.6 is 11.6 Å². The third kappa shape index (κ3) is 5.88. The highest BCUT2D eigenvalue weighted by molar-refractivity contribution is 7.92. The van der Waals surface area contributed by atoms with E-state index in [1.807, 2.05) is 23.1 Å². The number of ether oxygens (including phenoxy) is 1. The molecule has 176 valence electrons. The number of nitrogens with zero attached hydrogens (tertiary/aromatic N) is 3. The minimum absolute atomic E-state index is 0.106. The molecule has 2 aromatic rings. The van der Waals surface area contributed by atoms with Crippen molar-refractivity contribution >= 4 is 39.3 Å². The highest BCUT2D eigenvalue weighted by atomic mass is 35.5. The van der Waals surface area contributed by atoms with Crippen LogP contribution in [0.1, 0.15) is 12.0 Å². The van der Waals surface area contributed by atoms with E-state index in [1.54, 1.807) is 18.2 Å². The Hall–Kier alpha value is -2.55. The number of sulfonamides is 1.